The summed E-state index contributed by atoms with van der Waals surface area (Å²) in [6, 6.07) is 11.9. The second kappa shape index (κ2) is 6.69. The molecule has 0 saturated carbocycles. The first-order valence-corrected chi connectivity index (χ1v) is 9.54. The van der Waals surface area contributed by atoms with E-state index >= 15 is 0 Å². The third-order valence-corrected chi connectivity index (χ3v) is 6.27. The van der Waals surface area contributed by atoms with Crippen LogP contribution in [0.2, 0.25) is 0 Å². The van der Waals surface area contributed by atoms with Gasteiger partial charge in [-0.15, -0.1) is 11.3 Å². The molecule has 0 aliphatic carbocycles. The van der Waals surface area contributed by atoms with Gasteiger partial charge in [0.15, 0.2) is 0 Å². The third-order valence-electron chi connectivity index (χ3n) is 3.52. The monoisotopic (exact) mass is 379 g/mol. The van der Waals surface area contributed by atoms with Gasteiger partial charge in [-0.1, -0.05) is 24.3 Å². The average Bonchev–Trinajstić information content (AvgIpc) is 3.20. The Balaban J connectivity index is 2.01. The third kappa shape index (κ3) is 3.57. The molecular formula is C16H14FN3O3S2. The van der Waals surface area contributed by atoms with Gasteiger partial charge in [0.1, 0.15) is 21.5 Å². The predicted octanol–water partition coefficient (Wildman–Crippen LogP) is 2.64. The number of thiophene rings is 1. The topological polar surface area (TPSA) is 94.2 Å². The first kappa shape index (κ1) is 17.2. The summed E-state index contributed by atoms with van der Waals surface area (Å²) >= 11 is 1.06. The number of sulfonamides is 1. The van der Waals surface area contributed by atoms with E-state index in [0.29, 0.717) is 5.56 Å². The van der Waals surface area contributed by atoms with Crippen LogP contribution in [0.15, 0.2) is 58.1 Å². The van der Waals surface area contributed by atoms with Gasteiger partial charge in [0.05, 0.1) is 6.54 Å². The molecule has 3 N–H and O–H groups in total. The Morgan fingerprint density at radius 1 is 1.16 bits per heavy atom. The van der Waals surface area contributed by atoms with Crippen LogP contribution in [0.1, 0.15) is 16.1 Å². The normalized spacial score (nSPS) is 11.4. The Morgan fingerprint density at radius 2 is 1.92 bits per heavy atom. The number of primary amides is 1. The lowest BCUT2D eigenvalue weighted by atomic mass is 10.2. The number of hydrogen-bond donors (Lipinski definition) is 2. The number of halogens is 1. The highest BCUT2D eigenvalue weighted by Crippen LogP contribution is 2.23. The van der Waals surface area contributed by atoms with Crippen LogP contribution in [0.5, 0.6) is 0 Å². The molecule has 25 heavy (non-hydrogen) atoms. The van der Waals surface area contributed by atoms with E-state index in [0.717, 1.165) is 11.3 Å². The standard InChI is InChI=1S/C16H14FN3O3S2/c17-12-5-2-1-4-11(12)10-20-13(16(18)21)7-8-14(20)19-25(22,23)15-6-3-9-24-15/h1-9,19H,10H2,(H2,18,21). The Labute approximate surface area is 147 Å². The Morgan fingerprint density at radius 3 is 2.56 bits per heavy atom. The van der Waals surface area contributed by atoms with Crippen molar-refractivity contribution in [3.8, 4) is 0 Å². The van der Waals surface area contributed by atoms with Crippen molar-refractivity contribution in [1.82, 2.24) is 4.57 Å². The number of hydrogen-bond acceptors (Lipinski definition) is 4. The molecule has 0 aliphatic rings. The summed E-state index contributed by atoms with van der Waals surface area (Å²) in [6.07, 6.45) is 0. The molecule has 0 aliphatic heterocycles. The van der Waals surface area contributed by atoms with Crippen LogP contribution in [0.25, 0.3) is 0 Å². The lowest BCUT2D eigenvalue weighted by Gasteiger charge is -2.14. The van der Waals surface area contributed by atoms with E-state index < -0.39 is 21.7 Å². The molecule has 2 aromatic heterocycles. The molecular weight excluding hydrogens is 365 g/mol. The van der Waals surface area contributed by atoms with Gasteiger partial charge in [-0.3, -0.25) is 9.52 Å². The summed E-state index contributed by atoms with van der Waals surface area (Å²) in [7, 11) is -3.81. The van der Waals surface area contributed by atoms with E-state index in [1.807, 2.05) is 0 Å². The molecule has 0 atom stereocenters. The minimum Gasteiger partial charge on any atom is -0.364 e. The zero-order chi connectivity index (χ0) is 18.0. The summed E-state index contributed by atoms with van der Waals surface area (Å²) in [6.45, 7) is -0.0414. The van der Waals surface area contributed by atoms with Crippen molar-refractivity contribution in [2.75, 3.05) is 4.72 Å². The number of amides is 1. The summed E-state index contributed by atoms with van der Waals surface area (Å²) < 4.78 is 42.6. The highest BCUT2D eigenvalue weighted by molar-refractivity contribution is 7.94. The van der Waals surface area contributed by atoms with E-state index in [9.17, 15) is 17.6 Å². The molecule has 3 rings (SSSR count). The molecule has 0 radical (unpaired) electrons. The summed E-state index contributed by atoms with van der Waals surface area (Å²) in [5.74, 6) is -1.07. The number of nitrogens with zero attached hydrogens (tertiary/aromatic N) is 1. The van der Waals surface area contributed by atoms with E-state index in [1.165, 1.54) is 28.8 Å². The van der Waals surface area contributed by atoms with E-state index in [-0.39, 0.29) is 22.3 Å². The van der Waals surface area contributed by atoms with Gasteiger partial charge in [0, 0.05) is 5.56 Å². The largest absolute Gasteiger partial charge is 0.364 e. The van der Waals surface area contributed by atoms with E-state index in [1.54, 1.807) is 29.6 Å². The second-order valence-electron chi connectivity index (χ2n) is 5.18. The number of benzene rings is 1. The predicted molar refractivity (Wildman–Crippen MR) is 93.6 cm³/mol. The number of aromatic nitrogens is 1. The van der Waals surface area contributed by atoms with E-state index in [4.69, 9.17) is 5.73 Å². The lowest BCUT2D eigenvalue weighted by molar-refractivity contribution is 0.0992. The quantitative estimate of drug-likeness (QED) is 0.689. The second-order valence-corrected chi connectivity index (χ2v) is 8.04. The highest BCUT2D eigenvalue weighted by atomic mass is 32.2. The number of nitrogens with two attached hydrogens (primary N) is 1. The average molecular weight is 379 g/mol. The van der Waals surface area contributed by atoms with Crippen LogP contribution in [-0.4, -0.2) is 18.9 Å². The lowest BCUT2D eigenvalue weighted by Crippen LogP contribution is -2.21. The number of carbonyl (C=O) groups is 1. The maximum atomic E-state index is 13.9. The summed E-state index contributed by atoms with van der Waals surface area (Å²) in [4.78, 5) is 11.6. The van der Waals surface area contributed by atoms with Crippen LogP contribution in [0, 0.1) is 5.82 Å². The van der Waals surface area contributed by atoms with Crippen molar-refractivity contribution in [3.05, 3.63) is 71.0 Å². The van der Waals surface area contributed by atoms with Crippen molar-refractivity contribution in [3.63, 3.8) is 0 Å². The van der Waals surface area contributed by atoms with Gasteiger partial charge in [-0.05, 0) is 29.6 Å². The number of rotatable bonds is 6. The van der Waals surface area contributed by atoms with Crippen molar-refractivity contribution < 1.29 is 17.6 Å². The van der Waals surface area contributed by atoms with Gasteiger partial charge in [0.25, 0.3) is 15.9 Å². The number of nitrogens with one attached hydrogen (secondary N) is 1. The minimum atomic E-state index is -3.81. The van der Waals surface area contributed by atoms with Crippen LogP contribution in [0.3, 0.4) is 0 Å². The van der Waals surface area contributed by atoms with Crippen molar-refractivity contribution >= 4 is 33.1 Å². The molecule has 130 valence electrons. The molecule has 6 nitrogen and oxygen atoms in total. The highest BCUT2D eigenvalue weighted by Gasteiger charge is 2.20. The Kier molecular flexibility index (Phi) is 4.60. The van der Waals surface area contributed by atoms with Gasteiger partial charge < -0.3 is 10.3 Å². The van der Waals surface area contributed by atoms with Crippen LogP contribution in [-0.2, 0) is 16.6 Å². The molecule has 1 amide bonds. The zero-order valence-electron chi connectivity index (χ0n) is 12.8. The van der Waals surface area contributed by atoms with E-state index in [2.05, 4.69) is 4.72 Å². The molecule has 0 saturated heterocycles. The molecule has 1 aromatic carbocycles. The van der Waals surface area contributed by atoms with Gasteiger partial charge in [-0.2, -0.15) is 0 Å². The smallest absolute Gasteiger partial charge is 0.272 e. The van der Waals surface area contributed by atoms with Crippen molar-refractivity contribution in [2.24, 2.45) is 5.73 Å². The zero-order valence-corrected chi connectivity index (χ0v) is 14.5. The maximum Gasteiger partial charge on any atom is 0.272 e. The van der Waals surface area contributed by atoms with Crippen LogP contribution >= 0.6 is 11.3 Å². The fraction of sp³-hybridized carbons (Fsp3) is 0.0625. The molecule has 0 unspecified atom stereocenters. The van der Waals surface area contributed by atoms with Gasteiger partial charge in [0.2, 0.25) is 0 Å². The van der Waals surface area contributed by atoms with Gasteiger partial charge in [-0.25, -0.2) is 12.8 Å². The van der Waals surface area contributed by atoms with Crippen LogP contribution < -0.4 is 10.5 Å². The van der Waals surface area contributed by atoms with Crippen molar-refractivity contribution in [1.29, 1.82) is 0 Å². The fourth-order valence-electron chi connectivity index (χ4n) is 2.34. The molecule has 0 fully saturated rings. The first-order valence-electron chi connectivity index (χ1n) is 7.17. The van der Waals surface area contributed by atoms with Crippen molar-refractivity contribution in [2.45, 2.75) is 10.8 Å². The molecule has 2 heterocycles. The molecule has 3 aromatic rings. The van der Waals surface area contributed by atoms with Gasteiger partial charge >= 0.3 is 0 Å². The Bertz CT molecular complexity index is 1010. The summed E-state index contributed by atoms with van der Waals surface area (Å²) in [5.41, 5.74) is 5.73. The molecule has 0 bridgehead atoms. The SMILES string of the molecule is NC(=O)c1ccc(NS(=O)(=O)c2cccs2)n1Cc1ccccc1F. The number of anilines is 1. The first-order chi connectivity index (χ1) is 11.9. The molecule has 0 spiro atoms. The van der Waals surface area contributed by atoms with Crippen LogP contribution in [0.4, 0.5) is 10.2 Å². The fourth-order valence-corrected chi connectivity index (χ4v) is 4.40. The minimum absolute atomic E-state index is 0.0414. The molecule has 9 heteroatoms. The Hall–Kier alpha value is -2.65. The number of carbonyl (C=O) groups excluding carboxylic acids is 1. The maximum absolute atomic E-state index is 13.9. The summed E-state index contributed by atoms with van der Waals surface area (Å²) in [5, 5.41) is 1.64.